The Balaban J connectivity index is 1.89. The van der Waals surface area contributed by atoms with Crippen LogP contribution in [-0.4, -0.2) is 17.6 Å². The number of aromatic nitrogens is 1. The summed E-state index contributed by atoms with van der Waals surface area (Å²) < 4.78 is 5.20. The van der Waals surface area contributed by atoms with E-state index in [-0.39, 0.29) is 11.8 Å². The van der Waals surface area contributed by atoms with E-state index in [1.165, 1.54) is 5.56 Å². The van der Waals surface area contributed by atoms with Crippen LogP contribution in [-0.2, 0) is 6.42 Å². The molecule has 4 heteroatoms. The Kier molecular flexibility index (Phi) is 2.85. The minimum atomic E-state index is -0.0828. The zero-order chi connectivity index (χ0) is 13.4. The summed E-state index contributed by atoms with van der Waals surface area (Å²) in [6, 6.07) is 9.73. The Morgan fingerprint density at radius 3 is 2.89 bits per heavy atom. The zero-order valence-electron chi connectivity index (χ0n) is 11.1. The van der Waals surface area contributed by atoms with Crippen molar-refractivity contribution in [2.75, 3.05) is 11.4 Å². The van der Waals surface area contributed by atoms with Crippen LogP contribution >= 0.6 is 0 Å². The molecule has 0 atom stereocenters. The number of rotatable bonds is 2. The Morgan fingerprint density at radius 1 is 1.37 bits per heavy atom. The number of hydrogen-bond acceptors (Lipinski definition) is 3. The summed E-state index contributed by atoms with van der Waals surface area (Å²) in [6.45, 7) is 4.74. The van der Waals surface area contributed by atoms with Crippen LogP contribution in [0.15, 0.2) is 34.9 Å². The largest absolute Gasteiger partial charge is 0.360 e. The van der Waals surface area contributed by atoms with Gasteiger partial charge < -0.3 is 9.42 Å². The van der Waals surface area contributed by atoms with Crippen LogP contribution in [0.5, 0.6) is 0 Å². The number of benzene rings is 1. The number of fused-ring (bicyclic) bond motifs is 1. The number of anilines is 1. The fraction of sp³-hybridized carbons (Fsp3) is 0.333. The van der Waals surface area contributed by atoms with Gasteiger partial charge in [-0.15, -0.1) is 0 Å². The lowest BCUT2D eigenvalue weighted by atomic mass is 10.1. The van der Waals surface area contributed by atoms with Crippen molar-refractivity contribution in [1.29, 1.82) is 0 Å². The molecule has 0 bridgehead atoms. The van der Waals surface area contributed by atoms with Crippen LogP contribution in [0.1, 0.15) is 41.6 Å². The molecule has 1 aliphatic heterocycles. The molecule has 0 N–H and O–H groups in total. The quantitative estimate of drug-likeness (QED) is 0.829. The fourth-order valence-corrected chi connectivity index (χ4v) is 2.35. The second-order valence-corrected chi connectivity index (χ2v) is 5.10. The van der Waals surface area contributed by atoms with Crippen LogP contribution in [0.3, 0.4) is 0 Å². The van der Waals surface area contributed by atoms with Crippen molar-refractivity contribution in [2.45, 2.75) is 26.2 Å². The van der Waals surface area contributed by atoms with Crippen molar-refractivity contribution in [3.8, 4) is 0 Å². The Morgan fingerprint density at radius 2 is 2.16 bits per heavy atom. The van der Waals surface area contributed by atoms with E-state index in [4.69, 9.17) is 4.52 Å². The van der Waals surface area contributed by atoms with Crippen molar-refractivity contribution in [1.82, 2.24) is 5.16 Å². The highest BCUT2D eigenvalue weighted by atomic mass is 16.5. The molecular formula is C15H16N2O2. The van der Waals surface area contributed by atoms with Gasteiger partial charge in [0.05, 0.1) is 0 Å². The standard InChI is InChI=1S/C15H16N2O2/c1-10(2)14-9-12(16-19-14)15(18)17-8-7-11-5-3-4-6-13(11)17/h3-6,9-10H,7-8H2,1-2H3. The number of para-hydroxylation sites is 1. The summed E-state index contributed by atoms with van der Waals surface area (Å²) in [4.78, 5) is 14.2. The van der Waals surface area contributed by atoms with Gasteiger partial charge in [0.15, 0.2) is 5.69 Å². The molecule has 2 aromatic rings. The van der Waals surface area contributed by atoms with E-state index < -0.39 is 0 Å². The Bertz CT molecular complexity index is 616. The minimum Gasteiger partial charge on any atom is -0.360 e. The van der Waals surface area contributed by atoms with Gasteiger partial charge in [0.2, 0.25) is 0 Å². The first-order valence-electron chi connectivity index (χ1n) is 6.53. The van der Waals surface area contributed by atoms with Gasteiger partial charge in [-0.3, -0.25) is 4.79 Å². The smallest absolute Gasteiger partial charge is 0.280 e. The SMILES string of the molecule is CC(C)c1cc(C(=O)N2CCc3ccccc32)no1. The van der Waals surface area contributed by atoms with Crippen LogP contribution < -0.4 is 4.90 Å². The van der Waals surface area contributed by atoms with E-state index in [1.807, 2.05) is 32.0 Å². The first-order chi connectivity index (χ1) is 9.16. The molecule has 0 aliphatic carbocycles. The maximum Gasteiger partial charge on any atom is 0.280 e. The maximum absolute atomic E-state index is 12.4. The highest BCUT2D eigenvalue weighted by Gasteiger charge is 2.27. The summed E-state index contributed by atoms with van der Waals surface area (Å²) in [5.74, 6) is 0.899. The van der Waals surface area contributed by atoms with Crippen molar-refractivity contribution < 1.29 is 9.32 Å². The summed E-state index contributed by atoms with van der Waals surface area (Å²) in [7, 11) is 0. The summed E-state index contributed by atoms with van der Waals surface area (Å²) >= 11 is 0. The first kappa shape index (κ1) is 12.0. The number of nitrogens with zero attached hydrogens (tertiary/aromatic N) is 2. The van der Waals surface area contributed by atoms with Crippen LogP contribution in [0.2, 0.25) is 0 Å². The molecule has 4 nitrogen and oxygen atoms in total. The summed E-state index contributed by atoms with van der Waals surface area (Å²) in [6.07, 6.45) is 0.900. The molecule has 0 unspecified atom stereocenters. The number of carbonyl (C=O) groups excluding carboxylic acids is 1. The van der Waals surface area contributed by atoms with Gasteiger partial charge in [-0.05, 0) is 18.1 Å². The predicted molar refractivity (Wildman–Crippen MR) is 72.4 cm³/mol. The van der Waals surface area contributed by atoms with Crippen LogP contribution in [0.25, 0.3) is 0 Å². The lowest BCUT2D eigenvalue weighted by Gasteiger charge is -2.15. The molecular weight excluding hydrogens is 240 g/mol. The summed E-state index contributed by atoms with van der Waals surface area (Å²) in [5.41, 5.74) is 2.59. The average Bonchev–Trinajstić information content (AvgIpc) is 3.05. The number of amides is 1. The van der Waals surface area contributed by atoms with Crippen molar-refractivity contribution in [2.24, 2.45) is 0 Å². The third-order valence-corrected chi connectivity index (χ3v) is 3.45. The highest BCUT2D eigenvalue weighted by molar-refractivity contribution is 6.06. The normalized spacial score (nSPS) is 13.9. The van der Waals surface area contributed by atoms with Crippen LogP contribution in [0, 0.1) is 0 Å². The van der Waals surface area contributed by atoms with Crippen molar-refractivity contribution >= 4 is 11.6 Å². The van der Waals surface area contributed by atoms with Gasteiger partial charge in [-0.25, -0.2) is 0 Å². The average molecular weight is 256 g/mol. The molecule has 0 fully saturated rings. The third kappa shape index (κ3) is 2.03. The third-order valence-electron chi connectivity index (χ3n) is 3.45. The predicted octanol–water partition coefficient (Wildman–Crippen LogP) is 3.00. The van der Waals surface area contributed by atoms with Gasteiger partial charge in [0, 0.05) is 24.2 Å². The van der Waals surface area contributed by atoms with Crippen LogP contribution in [0.4, 0.5) is 5.69 Å². The lowest BCUT2D eigenvalue weighted by Crippen LogP contribution is -2.29. The van der Waals surface area contributed by atoms with Gasteiger partial charge >= 0.3 is 0 Å². The molecule has 98 valence electrons. The first-order valence-corrected chi connectivity index (χ1v) is 6.53. The van der Waals surface area contributed by atoms with E-state index >= 15 is 0 Å². The van der Waals surface area contributed by atoms with Crippen molar-refractivity contribution in [3.63, 3.8) is 0 Å². The van der Waals surface area contributed by atoms with Gasteiger partial charge in [-0.2, -0.15) is 0 Å². The number of carbonyl (C=O) groups is 1. The lowest BCUT2D eigenvalue weighted by molar-refractivity contribution is 0.0980. The summed E-state index contributed by atoms with van der Waals surface area (Å²) in [5, 5.41) is 3.89. The van der Waals surface area contributed by atoms with E-state index in [1.54, 1.807) is 11.0 Å². The highest BCUT2D eigenvalue weighted by Crippen LogP contribution is 2.29. The minimum absolute atomic E-state index is 0.0828. The van der Waals surface area contributed by atoms with Crippen molar-refractivity contribution in [3.05, 3.63) is 47.3 Å². The molecule has 1 aliphatic rings. The molecule has 0 radical (unpaired) electrons. The second-order valence-electron chi connectivity index (χ2n) is 5.10. The Labute approximate surface area is 112 Å². The van der Waals surface area contributed by atoms with Gasteiger partial charge in [0.25, 0.3) is 5.91 Å². The monoisotopic (exact) mass is 256 g/mol. The number of hydrogen-bond donors (Lipinski definition) is 0. The fourth-order valence-electron chi connectivity index (χ4n) is 2.35. The molecule has 0 saturated heterocycles. The van der Waals surface area contributed by atoms with E-state index in [9.17, 15) is 4.79 Å². The maximum atomic E-state index is 12.4. The molecule has 19 heavy (non-hydrogen) atoms. The second kappa shape index (κ2) is 4.53. The zero-order valence-corrected chi connectivity index (χ0v) is 11.1. The molecule has 0 saturated carbocycles. The molecule has 0 spiro atoms. The molecule has 3 rings (SSSR count). The Hall–Kier alpha value is -2.10. The van der Waals surface area contributed by atoms with Gasteiger partial charge in [0.1, 0.15) is 5.76 Å². The molecule has 1 aromatic carbocycles. The van der Waals surface area contributed by atoms with E-state index in [0.29, 0.717) is 12.2 Å². The molecule has 1 amide bonds. The molecule has 1 aromatic heterocycles. The molecule has 2 heterocycles. The van der Waals surface area contributed by atoms with Gasteiger partial charge in [-0.1, -0.05) is 37.2 Å². The van der Waals surface area contributed by atoms with E-state index in [2.05, 4.69) is 11.2 Å². The van der Waals surface area contributed by atoms with E-state index in [0.717, 1.165) is 17.9 Å². The topological polar surface area (TPSA) is 46.3 Å².